The van der Waals surface area contributed by atoms with E-state index in [2.05, 4.69) is 15.6 Å². The summed E-state index contributed by atoms with van der Waals surface area (Å²) >= 11 is 1.21. The monoisotopic (exact) mass is 290 g/mol. The molecule has 1 fully saturated rings. The van der Waals surface area contributed by atoms with Gasteiger partial charge in [-0.05, 0) is 25.9 Å². The number of piperidine rings is 1. The smallest absolute Gasteiger partial charge is 0.268 e. The van der Waals surface area contributed by atoms with Crippen molar-refractivity contribution in [3.05, 3.63) is 11.1 Å². The summed E-state index contributed by atoms with van der Waals surface area (Å²) in [7, 11) is 0. The van der Waals surface area contributed by atoms with Crippen molar-refractivity contribution in [1.29, 1.82) is 0 Å². The Balaban J connectivity index is 0.00000162. The molecule has 0 spiro atoms. The van der Waals surface area contributed by atoms with Gasteiger partial charge in [0.05, 0.1) is 0 Å². The summed E-state index contributed by atoms with van der Waals surface area (Å²) in [6.45, 7) is 1.73. The Kier molecular flexibility index (Phi) is 5.52. The highest BCUT2D eigenvalue weighted by Gasteiger charge is 2.21. The molecule has 1 aromatic heterocycles. The Morgan fingerprint density at radius 1 is 1.44 bits per heavy atom. The SMILES string of the molecule is Cl.NC(=O)c1csc(NC(=O)C2CCNCC2)n1. The molecule has 1 aliphatic heterocycles. The van der Waals surface area contributed by atoms with Crippen LogP contribution in [0.25, 0.3) is 0 Å². The van der Waals surface area contributed by atoms with Crippen LogP contribution in [0, 0.1) is 5.92 Å². The zero-order valence-corrected chi connectivity index (χ0v) is 11.3. The summed E-state index contributed by atoms with van der Waals surface area (Å²) in [5.74, 6) is -0.585. The molecule has 1 aliphatic rings. The third-order valence-corrected chi connectivity index (χ3v) is 3.45. The molecule has 0 saturated carbocycles. The highest BCUT2D eigenvalue weighted by Crippen LogP contribution is 2.18. The molecule has 18 heavy (non-hydrogen) atoms. The minimum Gasteiger partial charge on any atom is -0.364 e. The second-order valence-corrected chi connectivity index (χ2v) is 4.77. The molecule has 100 valence electrons. The number of anilines is 1. The number of hydrogen-bond donors (Lipinski definition) is 3. The molecule has 0 aliphatic carbocycles. The number of nitrogens with two attached hydrogens (primary N) is 1. The van der Waals surface area contributed by atoms with E-state index in [-0.39, 0.29) is 29.9 Å². The van der Waals surface area contributed by atoms with Crippen molar-refractivity contribution in [2.45, 2.75) is 12.8 Å². The first kappa shape index (κ1) is 14.9. The van der Waals surface area contributed by atoms with Crippen LogP contribution in [0.3, 0.4) is 0 Å². The highest BCUT2D eigenvalue weighted by atomic mass is 35.5. The highest BCUT2D eigenvalue weighted by molar-refractivity contribution is 7.14. The molecule has 1 aromatic rings. The largest absolute Gasteiger partial charge is 0.364 e. The maximum Gasteiger partial charge on any atom is 0.268 e. The van der Waals surface area contributed by atoms with Crippen molar-refractivity contribution >= 4 is 40.7 Å². The van der Waals surface area contributed by atoms with Crippen LogP contribution >= 0.6 is 23.7 Å². The lowest BCUT2D eigenvalue weighted by atomic mass is 9.97. The molecule has 4 N–H and O–H groups in total. The lowest BCUT2D eigenvalue weighted by molar-refractivity contribution is -0.120. The number of carbonyl (C=O) groups is 2. The minimum absolute atomic E-state index is 0. The van der Waals surface area contributed by atoms with E-state index in [1.807, 2.05) is 0 Å². The van der Waals surface area contributed by atoms with Gasteiger partial charge in [0.15, 0.2) is 5.13 Å². The van der Waals surface area contributed by atoms with Crippen LogP contribution in [0.4, 0.5) is 5.13 Å². The minimum atomic E-state index is -0.580. The molecule has 2 amide bonds. The van der Waals surface area contributed by atoms with E-state index in [9.17, 15) is 9.59 Å². The number of primary amides is 1. The van der Waals surface area contributed by atoms with Gasteiger partial charge in [-0.15, -0.1) is 23.7 Å². The molecule has 2 rings (SSSR count). The topological polar surface area (TPSA) is 97.1 Å². The zero-order valence-electron chi connectivity index (χ0n) is 9.64. The van der Waals surface area contributed by atoms with E-state index in [1.165, 1.54) is 11.3 Å². The quantitative estimate of drug-likeness (QED) is 0.759. The Bertz CT molecular complexity index is 431. The van der Waals surface area contributed by atoms with Crippen LogP contribution in [0.15, 0.2) is 5.38 Å². The number of amides is 2. The van der Waals surface area contributed by atoms with Crippen molar-refractivity contribution < 1.29 is 9.59 Å². The summed E-state index contributed by atoms with van der Waals surface area (Å²) in [5, 5.41) is 7.89. The van der Waals surface area contributed by atoms with E-state index in [4.69, 9.17) is 5.73 Å². The molecule has 6 nitrogen and oxygen atoms in total. The number of hydrogen-bond acceptors (Lipinski definition) is 5. The molecule has 1 saturated heterocycles. The van der Waals surface area contributed by atoms with Crippen molar-refractivity contribution in [3.8, 4) is 0 Å². The first-order chi connectivity index (χ1) is 8.16. The van der Waals surface area contributed by atoms with Gasteiger partial charge in [-0.1, -0.05) is 0 Å². The second-order valence-electron chi connectivity index (χ2n) is 3.92. The van der Waals surface area contributed by atoms with Gasteiger partial charge < -0.3 is 16.4 Å². The average molecular weight is 291 g/mol. The fraction of sp³-hybridized carbons (Fsp3) is 0.500. The van der Waals surface area contributed by atoms with E-state index >= 15 is 0 Å². The Morgan fingerprint density at radius 2 is 2.11 bits per heavy atom. The first-order valence-corrected chi connectivity index (χ1v) is 6.31. The van der Waals surface area contributed by atoms with Crippen LogP contribution in [-0.4, -0.2) is 29.9 Å². The summed E-state index contributed by atoms with van der Waals surface area (Å²) in [6.07, 6.45) is 1.67. The third-order valence-electron chi connectivity index (χ3n) is 2.70. The summed E-state index contributed by atoms with van der Waals surface area (Å²) in [6, 6.07) is 0. The van der Waals surface area contributed by atoms with Gasteiger partial charge in [0.1, 0.15) is 5.69 Å². The molecule has 0 bridgehead atoms. The molecule has 0 atom stereocenters. The van der Waals surface area contributed by atoms with E-state index in [0.717, 1.165) is 25.9 Å². The number of halogens is 1. The molecular formula is C10H15ClN4O2S. The zero-order chi connectivity index (χ0) is 12.3. The average Bonchev–Trinajstić information content (AvgIpc) is 2.79. The van der Waals surface area contributed by atoms with Crippen molar-refractivity contribution in [3.63, 3.8) is 0 Å². The maximum absolute atomic E-state index is 11.9. The van der Waals surface area contributed by atoms with Gasteiger partial charge in [-0.25, -0.2) is 4.98 Å². The van der Waals surface area contributed by atoms with Gasteiger partial charge in [0.25, 0.3) is 5.91 Å². The number of thiazole rings is 1. The van der Waals surface area contributed by atoms with Gasteiger partial charge in [0, 0.05) is 11.3 Å². The van der Waals surface area contributed by atoms with Gasteiger partial charge in [-0.3, -0.25) is 9.59 Å². The first-order valence-electron chi connectivity index (χ1n) is 5.43. The van der Waals surface area contributed by atoms with Gasteiger partial charge >= 0.3 is 0 Å². The van der Waals surface area contributed by atoms with Crippen LogP contribution in [0.1, 0.15) is 23.3 Å². The normalized spacial score (nSPS) is 15.8. The molecular weight excluding hydrogens is 276 g/mol. The molecule has 0 aromatic carbocycles. The third kappa shape index (κ3) is 3.66. The van der Waals surface area contributed by atoms with Crippen molar-refractivity contribution in [2.75, 3.05) is 18.4 Å². The lowest BCUT2D eigenvalue weighted by Gasteiger charge is -2.20. The number of aromatic nitrogens is 1. The van der Waals surface area contributed by atoms with E-state index in [0.29, 0.717) is 5.13 Å². The van der Waals surface area contributed by atoms with Crippen molar-refractivity contribution in [2.24, 2.45) is 11.7 Å². The van der Waals surface area contributed by atoms with E-state index in [1.54, 1.807) is 5.38 Å². The van der Waals surface area contributed by atoms with Gasteiger partial charge in [0.2, 0.25) is 5.91 Å². The maximum atomic E-state index is 11.9. The number of rotatable bonds is 3. The lowest BCUT2D eigenvalue weighted by Crippen LogP contribution is -2.34. The standard InChI is InChI=1S/C10H14N4O2S.ClH/c11-8(15)7-5-17-10(13-7)14-9(16)6-1-3-12-4-2-6;/h5-6,12H,1-4H2,(H2,11,15)(H,13,14,16);1H. The molecule has 0 unspecified atom stereocenters. The molecule has 2 heterocycles. The summed E-state index contributed by atoms with van der Waals surface area (Å²) in [5.41, 5.74) is 5.28. The Labute approximate surface area is 115 Å². The Morgan fingerprint density at radius 3 is 2.67 bits per heavy atom. The van der Waals surface area contributed by atoms with Crippen LogP contribution in [0.5, 0.6) is 0 Å². The second kappa shape index (κ2) is 6.67. The van der Waals surface area contributed by atoms with Crippen LogP contribution in [0.2, 0.25) is 0 Å². The summed E-state index contributed by atoms with van der Waals surface area (Å²) in [4.78, 5) is 26.6. The number of nitrogens with one attached hydrogen (secondary N) is 2. The molecule has 0 radical (unpaired) electrons. The Hall–Kier alpha value is -1.18. The number of carbonyl (C=O) groups excluding carboxylic acids is 2. The van der Waals surface area contributed by atoms with Gasteiger partial charge in [-0.2, -0.15) is 0 Å². The fourth-order valence-corrected chi connectivity index (χ4v) is 2.44. The van der Waals surface area contributed by atoms with Crippen LogP contribution in [-0.2, 0) is 4.79 Å². The predicted molar refractivity (Wildman–Crippen MR) is 72.1 cm³/mol. The molecule has 8 heteroatoms. The predicted octanol–water partition coefficient (Wildman–Crippen LogP) is 0.602. The van der Waals surface area contributed by atoms with E-state index < -0.39 is 5.91 Å². The van der Waals surface area contributed by atoms with Crippen LogP contribution < -0.4 is 16.4 Å². The number of nitrogens with zero attached hydrogens (tertiary/aromatic N) is 1. The fourth-order valence-electron chi connectivity index (χ4n) is 1.74. The summed E-state index contributed by atoms with van der Waals surface area (Å²) < 4.78 is 0. The van der Waals surface area contributed by atoms with Crippen molar-refractivity contribution in [1.82, 2.24) is 10.3 Å².